The summed E-state index contributed by atoms with van der Waals surface area (Å²) in [6.07, 6.45) is 4.29. The molecule has 6 nitrogen and oxygen atoms in total. The molecule has 3 aromatic rings. The summed E-state index contributed by atoms with van der Waals surface area (Å²) in [4.78, 5) is 24.8. The number of hydrogen-bond acceptors (Lipinski definition) is 5. The summed E-state index contributed by atoms with van der Waals surface area (Å²) in [5, 5.41) is 2.94. The summed E-state index contributed by atoms with van der Waals surface area (Å²) in [6.45, 7) is 3.31. The normalized spacial score (nSPS) is 18.8. The van der Waals surface area contributed by atoms with E-state index in [2.05, 4.69) is 27.3 Å². The van der Waals surface area contributed by atoms with Crippen LogP contribution in [0.3, 0.4) is 0 Å². The van der Waals surface area contributed by atoms with Gasteiger partial charge in [-0.05, 0) is 73.5 Å². The van der Waals surface area contributed by atoms with E-state index in [4.69, 9.17) is 10.7 Å². The van der Waals surface area contributed by atoms with E-state index in [1.165, 1.54) is 31.5 Å². The lowest BCUT2D eigenvalue weighted by atomic mass is 9.92. The van der Waals surface area contributed by atoms with E-state index in [9.17, 15) is 4.79 Å². The number of benzene rings is 2. The van der Waals surface area contributed by atoms with E-state index in [0.29, 0.717) is 17.1 Å². The standard InChI is InChI=1S/C25H25N5O/c26-18-8-11-20-22(15-18)29-25(31)23(20)24(21-5-1-2-12-27-21)28-19-9-6-17(7-10-19)16-30-13-3-4-14-30/h1-2,5-12,15,23H,3-4,13-14,16,26H2,(H,29,31). The third-order valence-electron chi connectivity index (χ3n) is 5.90. The van der Waals surface area contributed by atoms with Gasteiger partial charge in [-0.15, -0.1) is 0 Å². The van der Waals surface area contributed by atoms with E-state index in [1.54, 1.807) is 12.3 Å². The molecule has 1 fully saturated rings. The van der Waals surface area contributed by atoms with E-state index in [1.807, 2.05) is 42.5 Å². The first-order chi connectivity index (χ1) is 15.2. The number of hydrogen-bond donors (Lipinski definition) is 2. The van der Waals surface area contributed by atoms with Crippen molar-refractivity contribution in [3.8, 4) is 0 Å². The van der Waals surface area contributed by atoms with Gasteiger partial charge in [-0.1, -0.05) is 24.3 Å². The van der Waals surface area contributed by atoms with Crippen LogP contribution < -0.4 is 11.1 Å². The number of carbonyl (C=O) groups excluding carboxylic acids is 1. The number of nitrogens with one attached hydrogen (secondary N) is 1. The van der Waals surface area contributed by atoms with E-state index in [0.717, 1.165) is 23.5 Å². The summed E-state index contributed by atoms with van der Waals surface area (Å²) in [5.41, 5.74) is 11.5. The second-order valence-corrected chi connectivity index (χ2v) is 8.13. The Morgan fingerprint density at radius 1 is 1.10 bits per heavy atom. The van der Waals surface area contributed by atoms with E-state index in [-0.39, 0.29) is 5.91 Å². The van der Waals surface area contributed by atoms with Crippen LogP contribution in [-0.2, 0) is 11.3 Å². The Bertz CT molecular complexity index is 1120. The molecule has 1 atom stereocenters. The van der Waals surface area contributed by atoms with Gasteiger partial charge in [-0.25, -0.2) is 4.99 Å². The van der Waals surface area contributed by atoms with Crippen molar-refractivity contribution in [2.45, 2.75) is 25.3 Å². The van der Waals surface area contributed by atoms with Crippen LogP contribution in [0.5, 0.6) is 0 Å². The molecule has 2 aromatic carbocycles. The van der Waals surface area contributed by atoms with Crippen LogP contribution in [0.15, 0.2) is 71.9 Å². The highest BCUT2D eigenvalue weighted by Gasteiger charge is 2.36. The summed E-state index contributed by atoms with van der Waals surface area (Å²) in [5.74, 6) is -0.648. The second kappa shape index (κ2) is 8.32. The van der Waals surface area contributed by atoms with Crippen LogP contribution in [0.2, 0.25) is 0 Å². The Kier molecular flexibility index (Phi) is 5.22. The smallest absolute Gasteiger partial charge is 0.238 e. The minimum atomic E-state index is -0.533. The monoisotopic (exact) mass is 411 g/mol. The SMILES string of the molecule is Nc1ccc2c(c1)NC(=O)C2C(=Nc1ccc(CN2CCCC2)cc1)c1ccccn1. The molecule has 156 valence electrons. The van der Waals surface area contributed by atoms with E-state index < -0.39 is 5.92 Å². The quantitative estimate of drug-likeness (QED) is 0.489. The van der Waals surface area contributed by atoms with Crippen molar-refractivity contribution in [3.05, 3.63) is 83.7 Å². The summed E-state index contributed by atoms with van der Waals surface area (Å²) in [7, 11) is 0. The second-order valence-electron chi connectivity index (χ2n) is 8.13. The summed E-state index contributed by atoms with van der Waals surface area (Å²) < 4.78 is 0. The lowest BCUT2D eigenvalue weighted by Gasteiger charge is -2.15. The number of aliphatic imine (C=N–C) groups is 1. The molecule has 2 aliphatic heterocycles. The number of amides is 1. The number of fused-ring (bicyclic) bond motifs is 1. The van der Waals surface area contributed by atoms with Crippen LogP contribution in [0.1, 0.15) is 35.6 Å². The molecule has 1 saturated heterocycles. The number of nitrogen functional groups attached to an aromatic ring is 1. The maximum absolute atomic E-state index is 12.9. The zero-order chi connectivity index (χ0) is 21.2. The third kappa shape index (κ3) is 4.07. The van der Waals surface area contributed by atoms with Crippen LogP contribution in [0.4, 0.5) is 17.1 Å². The fraction of sp³-hybridized carbons (Fsp3) is 0.240. The summed E-state index contributed by atoms with van der Waals surface area (Å²) >= 11 is 0. The number of likely N-dealkylation sites (tertiary alicyclic amines) is 1. The van der Waals surface area contributed by atoms with Crippen molar-refractivity contribution in [2.24, 2.45) is 4.99 Å². The average molecular weight is 412 g/mol. The van der Waals surface area contributed by atoms with Crippen molar-refractivity contribution in [1.29, 1.82) is 0 Å². The highest BCUT2D eigenvalue weighted by atomic mass is 16.2. The molecule has 3 heterocycles. The lowest BCUT2D eigenvalue weighted by molar-refractivity contribution is -0.115. The Morgan fingerprint density at radius 3 is 2.65 bits per heavy atom. The molecule has 3 N–H and O–H groups in total. The van der Waals surface area contributed by atoms with Crippen LogP contribution in [-0.4, -0.2) is 34.6 Å². The predicted molar refractivity (Wildman–Crippen MR) is 124 cm³/mol. The van der Waals surface area contributed by atoms with E-state index >= 15 is 0 Å². The maximum atomic E-state index is 12.9. The fourth-order valence-electron chi connectivity index (χ4n) is 4.35. The van der Waals surface area contributed by atoms with Gasteiger partial charge in [0.05, 0.1) is 17.1 Å². The Labute approximate surface area is 181 Å². The molecule has 0 saturated carbocycles. The average Bonchev–Trinajstić information content (AvgIpc) is 3.40. The highest BCUT2D eigenvalue weighted by Crippen LogP contribution is 2.37. The number of nitrogens with two attached hydrogens (primary N) is 1. The molecule has 6 heteroatoms. The molecule has 0 aliphatic carbocycles. The molecule has 1 unspecified atom stereocenters. The maximum Gasteiger partial charge on any atom is 0.238 e. The van der Waals surface area contributed by atoms with Crippen molar-refractivity contribution < 1.29 is 4.79 Å². The van der Waals surface area contributed by atoms with Gasteiger partial charge in [0.15, 0.2) is 0 Å². The molecule has 2 aliphatic rings. The highest BCUT2D eigenvalue weighted by molar-refractivity contribution is 6.23. The Morgan fingerprint density at radius 2 is 1.90 bits per heavy atom. The first-order valence-electron chi connectivity index (χ1n) is 10.7. The van der Waals surface area contributed by atoms with Gasteiger partial charge in [0, 0.05) is 24.1 Å². The van der Waals surface area contributed by atoms with Crippen LogP contribution in [0, 0.1) is 0 Å². The predicted octanol–water partition coefficient (Wildman–Crippen LogP) is 4.12. The number of rotatable bonds is 5. The number of pyridine rings is 1. The molecule has 1 aromatic heterocycles. The van der Waals surface area contributed by atoms with Gasteiger partial charge >= 0.3 is 0 Å². The van der Waals surface area contributed by atoms with Gasteiger partial charge in [0.2, 0.25) is 5.91 Å². The number of carbonyl (C=O) groups is 1. The zero-order valence-corrected chi connectivity index (χ0v) is 17.3. The number of anilines is 2. The first-order valence-corrected chi connectivity index (χ1v) is 10.7. The number of nitrogens with zero attached hydrogens (tertiary/aromatic N) is 3. The molecule has 0 spiro atoms. The fourth-order valence-corrected chi connectivity index (χ4v) is 4.35. The number of aromatic nitrogens is 1. The van der Waals surface area contributed by atoms with Gasteiger partial charge in [-0.3, -0.25) is 14.7 Å². The minimum Gasteiger partial charge on any atom is -0.399 e. The van der Waals surface area contributed by atoms with Crippen molar-refractivity contribution >= 4 is 28.7 Å². The Balaban J connectivity index is 1.50. The lowest BCUT2D eigenvalue weighted by Crippen LogP contribution is -2.22. The largest absolute Gasteiger partial charge is 0.399 e. The third-order valence-corrected chi connectivity index (χ3v) is 5.90. The van der Waals surface area contributed by atoms with Crippen LogP contribution >= 0.6 is 0 Å². The molecule has 0 radical (unpaired) electrons. The first kappa shape index (κ1) is 19.5. The minimum absolute atomic E-state index is 0.115. The summed E-state index contributed by atoms with van der Waals surface area (Å²) in [6, 6.07) is 19.4. The molecule has 0 bridgehead atoms. The molecule has 1 amide bonds. The van der Waals surface area contributed by atoms with Crippen LogP contribution in [0.25, 0.3) is 0 Å². The van der Waals surface area contributed by atoms with Crippen molar-refractivity contribution in [2.75, 3.05) is 24.1 Å². The van der Waals surface area contributed by atoms with Gasteiger partial charge < -0.3 is 11.1 Å². The Hall–Kier alpha value is -3.51. The van der Waals surface area contributed by atoms with Crippen molar-refractivity contribution in [1.82, 2.24) is 9.88 Å². The van der Waals surface area contributed by atoms with Gasteiger partial charge in [0.25, 0.3) is 0 Å². The van der Waals surface area contributed by atoms with Crippen molar-refractivity contribution in [3.63, 3.8) is 0 Å². The van der Waals surface area contributed by atoms with Gasteiger partial charge in [-0.2, -0.15) is 0 Å². The van der Waals surface area contributed by atoms with Gasteiger partial charge in [0.1, 0.15) is 5.92 Å². The molecule has 5 rings (SSSR count). The molecule has 31 heavy (non-hydrogen) atoms. The topological polar surface area (TPSA) is 83.6 Å². The molecular formula is C25H25N5O. The molecular weight excluding hydrogens is 386 g/mol. The zero-order valence-electron chi connectivity index (χ0n) is 17.3.